The molecule has 1 atom stereocenters. The highest BCUT2D eigenvalue weighted by Gasteiger charge is 2.21. The molecule has 3 aromatic heterocycles. The number of hydrogen-bond acceptors (Lipinski definition) is 4. The monoisotopic (exact) mass is 315 g/mol. The third-order valence-corrected chi connectivity index (χ3v) is 4.35. The molecule has 3 rings (SSSR count). The number of methoxy groups -OCH3 is 1. The maximum atomic E-state index is 12.4. The van der Waals surface area contributed by atoms with E-state index >= 15 is 0 Å². The molecule has 0 spiro atoms. The lowest BCUT2D eigenvalue weighted by Gasteiger charge is -2.13. The molecule has 5 nitrogen and oxygen atoms in total. The molecule has 22 heavy (non-hydrogen) atoms. The summed E-state index contributed by atoms with van der Waals surface area (Å²) in [5.74, 6) is 0.520. The van der Waals surface area contributed by atoms with Gasteiger partial charge in [0.2, 0.25) is 0 Å². The molecule has 0 aliphatic heterocycles. The molecule has 1 unspecified atom stereocenters. The number of carbonyl (C=O) groups excluding carboxylic acids is 1. The van der Waals surface area contributed by atoms with Gasteiger partial charge in [0.05, 0.1) is 4.88 Å². The van der Waals surface area contributed by atoms with E-state index < -0.39 is 6.10 Å². The van der Waals surface area contributed by atoms with Gasteiger partial charge in [-0.05, 0) is 30.0 Å². The van der Waals surface area contributed by atoms with Crippen LogP contribution < -0.4 is 5.32 Å². The number of nitrogens with zero attached hydrogens (tertiary/aromatic N) is 2. The second-order valence-electron chi connectivity index (χ2n) is 4.84. The third kappa shape index (κ3) is 2.63. The number of nitrogens with one attached hydrogen (secondary N) is 1. The predicted molar refractivity (Wildman–Crippen MR) is 88.2 cm³/mol. The molecule has 0 radical (unpaired) electrons. The van der Waals surface area contributed by atoms with Crippen molar-refractivity contribution in [1.82, 2.24) is 9.38 Å². The molecule has 0 saturated heterocycles. The highest BCUT2D eigenvalue weighted by atomic mass is 32.1. The molecule has 3 heterocycles. The van der Waals surface area contributed by atoms with Crippen LogP contribution in [0.15, 0.2) is 41.9 Å². The number of aromatic nitrogens is 2. The van der Waals surface area contributed by atoms with Crippen LogP contribution in [0.2, 0.25) is 0 Å². The quantitative estimate of drug-likeness (QED) is 0.785. The van der Waals surface area contributed by atoms with Crippen LogP contribution >= 0.6 is 11.3 Å². The number of ether oxygens (including phenoxy) is 1. The minimum Gasteiger partial charge on any atom is -0.372 e. The SMILES string of the molecule is CCC(OC)C(=O)Nc1c(-c2cccs2)nc2ccccn12. The average molecular weight is 315 g/mol. The molecule has 0 fully saturated rings. The summed E-state index contributed by atoms with van der Waals surface area (Å²) >= 11 is 1.59. The van der Waals surface area contributed by atoms with E-state index in [-0.39, 0.29) is 5.91 Å². The zero-order valence-electron chi connectivity index (χ0n) is 12.4. The lowest BCUT2D eigenvalue weighted by molar-refractivity contribution is -0.125. The highest BCUT2D eigenvalue weighted by Crippen LogP contribution is 2.32. The van der Waals surface area contributed by atoms with Crippen molar-refractivity contribution in [3.63, 3.8) is 0 Å². The van der Waals surface area contributed by atoms with E-state index in [1.165, 1.54) is 0 Å². The van der Waals surface area contributed by atoms with Gasteiger partial charge < -0.3 is 10.1 Å². The summed E-state index contributed by atoms with van der Waals surface area (Å²) in [6, 6.07) is 9.72. The molecule has 114 valence electrons. The molecular weight excluding hydrogens is 298 g/mol. The van der Waals surface area contributed by atoms with Crippen LogP contribution in [0.25, 0.3) is 16.2 Å². The summed E-state index contributed by atoms with van der Waals surface area (Å²) in [5.41, 5.74) is 1.58. The van der Waals surface area contributed by atoms with Gasteiger partial charge in [-0.25, -0.2) is 4.98 Å². The van der Waals surface area contributed by atoms with E-state index in [1.54, 1.807) is 18.4 Å². The fourth-order valence-electron chi connectivity index (χ4n) is 2.36. The first-order chi connectivity index (χ1) is 10.7. The van der Waals surface area contributed by atoms with Gasteiger partial charge in [-0.2, -0.15) is 0 Å². The van der Waals surface area contributed by atoms with E-state index in [2.05, 4.69) is 10.3 Å². The van der Waals surface area contributed by atoms with Crippen molar-refractivity contribution in [3.8, 4) is 10.6 Å². The summed E-state index contributed by atoms with van der Waals surface area (Å²) in [4.78, 5) is 18.0. The van der Waals surface area contributed by atoms with E-state index in [9.17, 15) is 4.79 Å². The maximum absolute atomic E-state index is 12.4. The van der Waals surface area contributed by atoms with Crippen LogP contribution in [0.5, 0.6) is 0 Å². The van der Waals surface area contributed by atoms with Crippen LogP contribution in [0.4, 0.5) is 5.82 Å². The minimum absolute atomic E-state index is 0.159. The van der Waals surface area contributed by atoms with Gasteiger partial charge >= 0.3 is 0 Å². The Labute approximate surface area is 132 Å². The largest absolute Gasteiger partial charge is 0.372 e. The number of carbonyl (C=O) groups is 1. The Hall–Kier alpha value is -2.18. The van der Waals surface area contributed by atoms with Crippen molar-refractivity contribution in [3.05, 3.63) is 41.9 Å². The second kappa shape index (κ2) is 6.29. The molecule has 6 heteroatoms. The molecule has 3 aromatic rings. The predicted octanol–water partition coefficient (Wildman–Crippen LogP) is 3.43. The van der Waals surface area contributed by atoms with Gasteiger partial charge in [0.25, 0.3) is 5.91 Å². The van der Waals surface area contributed by atoms with Crippen molar-refractivity contribution in [2.45, 2.75) is 19.4 Å². The number of pyridine rings is 1. The summed E-state index contributed by atoms with van der Waals surface area (Å²) < 4.78 is 7.10. The smallest absolute Gasteiger partial charge is 0.254 e. The fourth-order valence-corrected chi connectivity index (χ4v) is 3.07. The van der Waals surface area contributed by atoms with Crippen LogP contribution in [0.1, 0.15) is 13.3 Å². The topological polar surface area (TPSA) is 55.6 Å². The van der Waals surface area contributed by atoms with Crippen LogP contribution in [-0.4, -0.2) is 28.5 Å². The number of thiophene rings is 1. The van der Waals surface area contributed by atoms with Crippen LogP contribution in [0, 0.1) is 0 Å². The van der Waals surface area contributed by atoms with E-state index in [0.717, 1.165) is 16.2 Å². The van der Waals surface area contributed by atoms with Crippen LogP contribution in [-0.2, 0) is 9.53 Å². The van der Waals surface area contributed by atoms with Gasteiger partial charge in [-0.3, -0.25) is 9.20 Å². The Balaban J connectivity index is 2.06. The van der Waals surface area contributed by atoms with E-state index in [4.69, 9.17) is 4.74 Å². The summed E-state index contributed by atoms with van der Waals surface area (Å²) in [6.07, 6.45) is 2.04. The van der Waals surface area contributed by atoms with Gasteiger partial charge in [-0.1, -0.05) is 19.1 Å². The number of amides is 1. The Kier molecular flexibility index (Phi) is 4.22. The highest BCUT2D eigenvalue weighted by molar-refractivity contribution is 7.13. The Morgan fingerprint density at radius 2 is 2.27 bits per heavy atom. The summed E-state index contributed by atoms with van der Waals surface area (Å²) in [7, 11) is 1.54. The molecule has 0 aliphatic rings. The lowest BCUT2D eigenvalue weighted by Crippen LogP contribution is -2.29. The zero-order valence-corrected chi connectivity index (χ0v) is 13.3. The number of anilines is 1. The standard InChI is InChI=1S/C16H17N3O2S/c1-3-11(21-2)16(20)18-15-14(12-7-6-10-22-12)17-13-8-4-5-9-19(13)15/h4-11H,3H2,1-2H3,(H,18,20). The maximum Gasteiger partial charge on any atom is 0.254 e. The molecule has 0 aliphatic carbocycles. The number of fused-ring (bicyclic) bond motifs is 1. The fraction of sp³-hybridized carbons (Fsp3) is 0.250. The molecule has 1 amide bonds. The number of imidazole rings is 1. The van der Waals surface area contributed by atoms with Gasteiger partial charge in [0.1, 0.15) is 23.3 Å². The summed E-state index contributed by atoms with van der Waals surface area (Å²) in [6.45, 7) is 1.92. The second-order valence-corrected chi connectivity index (χ2v) is 5.78. The lowest BCUT2D eigenvalue weighted by atomic mass is 10.2. The first kappa shape index (κ1) is 14.7. The van der Waals surface area contributed by atoms with Crippen molar-refractivity contribution in [2.75, 3.05) is 12.4 Å². The first-order valence-electron chi connectivity index (χ1n) is 7.09. The minimum atomic E-state index is -0.467. The summed E-state index contributed by atoms with van der Waals surface area (Å²) in [5, 5.41) is 4.96. The van der Waals surface area contributed by atoms with Gasteiger partial charge in [0.15, 0.2) is 0 Å². The van der Waals surface area contributed by atoms with Crippen molar-refractivity contribution in [2.24, 2.45) is 0 Å². The van der Waals surface area contributed by atoms with Crippen LogP contribution in [0.3, 0.4) is 0 Å². The molecular formula is C16H17N3O2S. The first-order valence-corrected chi connectivity index (χ1v) is 7.97. The molecule has 0 aromatic carbocycles. The van der Waals surface area contributed by atoms with Gasteiger partial charge in [0, 0.05) is 13.3 Å². The van der Waals surface area contributed by atoms with E-state index in [0.29, 0.717) is 12.2 Å². The molecule has 1 N–H and O–H groups in total. The average Bonchev–Trinajstić information content (AvgIpc) is 3.16. The normalized spacial score (nSPS) is 12.5. The van der Waals surface area contributed by atoms with Gasteiger partial charge in [-0.15, -0.1) is 11.3 Å². The van der Waals surface area contributed by atoms with E-state index in [1.807, 2.05) is 53.2 Å². The Morgan fingerprint density at radius 1 is 1.41 bits per heavy atom. The number of hydrogen-bond donors (Lipinski definition) is 1. The number of rotatable bonds is 5. The molecule has 0 bridgehead atoms. The van der Waals surface area contributed by atoms with Crippen molar-refractivity contribution < 1.29 is 9.53 Å². The zero-order chi connectivity index (χ0) is 15.5. The Morgan fingerprint density at radius 3 is 2.95 bits per heavy atom. The third-order valence-electron chi connectivity index (χ3n) is 3.47. The molecule has 0 saturated carbocycles. The van der Waals surface area contributed by atoms with Crippen molar-refractivity contribution in [1.29, 1.82) is 0 Å². The van der Waals surface area contributed by atoms with Crippen molar-refractivity contribution >= 4 is 28.7 Å². The Bertz CT molecular complexity index is 776.